The van der Waals surface area contributed by atoms with Gasteiger partial charge in [-0.25, -0.2) is 4.98 Å². The van der Waals surface area contributed by atoms with Crippen LogP contribution in [0.15, 0.2) is 30.5 Å². The summed E-state index contributed by atoms with van der Waals surface area (Å²) in [5, 5.41) is 12.1. The quantitative estimate of drug-likeness (QED) is 0.792. The Kier molecular flexibility index (Phi) is 4.34. The summed E-state index contributed by atoms with van der Waals surface area (Å²) in [6.45, 7) is 5.37. The molecule has 20 heavy (non-hydrogen) atoms. The van der Waals surface area contributed by atoms with Crippen molar-refractivity contribution in [3.63, 3.8) is 0 Å². The number of hydrogen-bond acceptors (Lipinski definition) is 4. The van der Waals surface area contributed by atoms with Gasteiger partial charge in [-0.2, -0.15) is 0 Å². The minimum Gasteiger partial charge on any atom is -0.505 e. The van der Waals surface area contributed by atoms with Gasteiger partial charge in [0.1, 0.15) is 5.75 Å². The monoisotopic (exact) mass is 275 g/mol. The summed E-state index contributed by atoms with van der Waals surface area (Å²) < 4.78 is 0. The Morgan fingerprint density at radius 1 is 1.50 bits per heavy atom. The van der Waals surface area contributed by atoms with Crippen LogP contribution in [0.1, 0.15) is 23.3 Å². The lowest BCUT2D eigenvalue weighted by Gasteiger charge is -2.15. The summed E-state index contributed by atoms with van der Waals surface area (Å²) in [6.07, 6.45) is 2.50. The largest absolute Gasteiger partial charge is 0.505 e. The van der Waals surface area contributed by atoms with E-state index < -0.39 is 5.91 Å². The van der Waals surface area contributed by atoms with Crippen molar-refractivity contribution in [2.75, 3.05) is 19.6 Å². The third-order valence-electron chi connectivity index (χ3n) is 3.13. The van der Waals surface area contributed by atoms with E-state index in [2.05, 4.69) is 16.9 Å². The van der Waals surface area contributed by atoms with E-state index in [1.165, 1.54) is 18.3 Å². The summed E-state index contributed by atoms with van der Waals surface area (Å²) in [6, 6.07) is 2.93. The summed E-state index contributed by atoms with van der Waals surface area (Å²) in [7, 11) is 0. The lowest BCUT2D eigenvalue weighted by Crippen LogP contribution is -2.33. The molecule has 2 rings (SSSR count). The molecule has 6 heteroatoms. The lowest BCUT2D eigenvalue weighted by molar-refractivity contribution is -0.129. The van der Waals surface area contributed by atoms with Crippen LogP contribution < -0.4 is 5.32 Å². The van der Waals surface area contributed by atoms with Gasteiger partial charge in [-0.05, 0) is 18.6 Å². The second-order valence-electron chi connectivity index (χ2n) is 4.69. The summed E-state index contributed by atoms with van der Waals surface area (Å²) in [4.78, 5) is 29.1. The fourth-order valence-corrected chi connectivity index (χ4v) is 2.03. The number of aromatic hydroxyl groups is 1. The highest BCUT2D eigenvalue weighted by molar-refractivity contribution is 5.94. The van der Waals surface area contributed by atoms with Crippen molar-refractivity contribution in [2.45, 2.75) is 12.8 Å². The molecule has 1 aromatic heterocycles. The molecule has 2 amide bonds. The number of carbonyl (C=O) groups is 2. The molecule has 0 bridgehead atoms. The topological polar surface area (TPSA) is 82.5 Å². The zero-order chi connectivity index (χ0) is 14.5. The maximum atomic E-state index is 11.8. The third kappa shape index (κ3) is 3.34. The molecule has 0 spiro atoms. The van der Waals surface area contributed by atoms with E-state index in [1.54, 1.807) is 4.90 Å². The van der Waals surface area contributed by atoms with E-state index in [4.69, 9.17) is 0 Å². The van der Waals surface area contributed by atoms with Gasteiger partial charge in [-0.3, -0.25) is 9.59 Å². The van der Waals surface area contributed by atoms with E-state index in [0.29, 0.717) is 13.1 Å². The number of aromatic nitrogens is 1. The Morgan fingerprint density at radius 2 is 2.30 bits per heavy atom. The zero-order valence-electron chi connectivity index (χ0n) is 11.1. The number of nitrogens with one attached hydrogen (secondary N) is 1. The van der Waals surface area contributed by atoms with Crippen LogP contribution in [0, 0.1) is 0 Å². The predicted molar refractivity (Wildman–Crippen MR) is 73.2 cm³/mol. The zero-order valence-corrected chi connectivity index (χ0v) is 11.1. The van der Waals surface area contributed by atoms with Crippen molar-refractivity contribution < 1.29 is 14.7 Å². The minimum absolute atomic E-state index is 0.00538. The molecule has 106 valence electrons. The average molecular weight is 275 g/mol. The van der Waals surface area contributed by atoms with Crippen molar-refractivity contribution in [2.24, 2.45) is 0 Å². The van der Waals surface area contributed by atoms with Crippen molar-refractivity contribution in [3.05, 3.63) is 36.2 Å². The van der Waals surface area contributed by atoms with Gasteiger partial charge >= 0.3 is 0 Å². The van der Waals surface area contributed by atoms with Crippen LogP contribution in [0.2, 0.25) is 0 Å². The maximum absolute atomic E-state index is 11.8. The van der Waals surface area contributed by atoms with Gasteiger partial charge in [-0.1, -0.05) is 12.2 Å². The van der Waals surface area contributed by atoms with E-state index >= 15 is 0 Å². The molecule has 0 aliphatic carbocycles. The fraction of sp³-hybridized carbons (Fsp3) is 0.357. The Balaban J connectivity index is 1.78. The highest BCUT2D eigenvalue weighted by Crippen LogP contribution is 2.14. The molecule has 1 saturated heterocycles. The van der Waals surface area contributed by atoms with Gasteiger partial charge in [0, 0.05) is 32.3 Å². The van der Waals surface area contributed by atoms with Crippen LogP contribution in [0.5, 0.6) is 5.75 Å². The normalized spacial score (nSPS) is 14.4. The first kappa shape index (κ1) is 14.0. The minimum atomic E-state index is -0.485. The number of amides is 2. The number of carbonyl (C=O) groups excluding carboxylic acids is 2. The first-order chi connectivity index (χ1) is 9.58. The maximum Gasteiger partial charge on any atom is 0.273 e. The number of rotatable bonds is 4. The van der Waals surface area contributed by atoms with Crippen LogP contribution in [-0.2, 0) is 4.79 Å². The fourth-order valence-electron chi connectivity index (χ4n) is 2.03. The first-order valence-electron chi connectivity index (χ1n) is 6.44. The molecule has 0 unspecified atom stereocenters. The van der Waals surface area contributed by atoms with Gasteiger partial charge in [0.05, 0.1) is 0 Å². The number of pyridine rings is 1. The van der Waals surface area contributed by atoms with Crippen molar-refractivity contribution >= 4 is 11.8 Å². The van der Waals surface area contributed by atoms with Gasteiger partial charge in [-0.15, -0.1) is 0 Å². The Bertz CT molecular complexity index is 542. The smallest absolute Gasteiger partial charge is 0.273 e. The van der Waals surface area contributed by atoms with Gasteiger partial charge in [0.25, 0.3) is 5.91 Å². The van der Waals surface area contributed by atoms with Gasteiger partial charge in [0.15, 0.2) is 5.69 Å². The molecule has 0 atom stereocenters. The third-order valence-corrected chi connectivity index (χ3v) is 3.13. The highest BCUT2D eigenvalue weighted by Gasteiger charge is 2.20. The van der Waals surface area contributed by atoms with Gasteiger partial charge < -0.3 is 15.3 Å². The Labute approximate surface area is 117 Å². The van der Waals surface area contributed by atoms with E-state index in [0.717, 1.165) is 12.0 Å². The molecule has 6 nitrogen and oxygen atoms in total. The van der Waals surface area contributed by atoms with Crippen LogP contribution in [0.25, 0.3) is 0 Å². The highest BCUT2D eigenvalue weighted by atomic mass is 16.3. The lowest BCUT2D eigenvalue weighted by atomic mass is 10.3. The molecular weight excluding hydrogens is 258 g/mol. The van der Waals surface area contributed by atoms with Crippen LogP contribution in [0.3, 0.4) is 0 Å². The molecular formula is C14H17N3O3. The van der Waals surface area contributed by atoms with Gasteiger partial charge in [0.2, 0.25) is 5.91 Å². The number of hydrogen-bond donors (Lipinski definition) is 2. The Hall–Kier alpha value is -2.37. The molecule has 1 aliphatic rings. The molecule has 2 N–H and O–H groups in total. The predicted octanol–water partition coefficient (Wildman–Crippen LogP) is 0.696. The molecule has 1 fully saturated rings. The number of likely N-dealkylation sites (tertiary alicyclic amines) is 1. The second-order valence-corrected chi connectivity index (χ2v) is 4.69. The second kappa shape index (κ2) is 6.18. The van der Waals surface area contributed by atoms with Crippen LogP contribution in [-0.4, -0.2) is 46.4 Å². The molecule has 1 aliphatic heterocycles. The van der Waals surface area contributed by atoms with Crippen LogP contribution >= 0.6 is 0 Å². The van der Waals surface area contributed by atoms with Crippen LogP contribution in [0.4, 0.5) is 0 Å². The Morgan fingerprint density at radius 3 is 2.95 bits per heavy atom. The first-order valence-corrected chi connectivity index (χ1v) is 6.44. The molecule has 0 saturated carbocycles. The summed E-state index contributed by atoms with van der Waals surface area (Å²) >= 11 is 0. The molecule has 1 aromatic rings. The van der Waals surface area contributed by atoms with E-state index in [-0.39, 0.29) is 30.3 Å². The molecule has 0 radical (unpaired) electrons. The average Bonchev–Trinajstić information content (AvgIpc) is 2.85. The van der Waals surface area contributed by atoms with E-state index in [9.17, 15) is 14.7 Å². The van der Waals surface area contributed by atoms with E-state index in [1.807, 2.05) is 0 Å². The van der Waals surface area contributed by atoms with Crippen molar-refractivity contribution in [1.82, 2.24) is 15.2 Å². The SMILES string of the molecule is C=C1CCN(C(=O)CCNC(=O)c2ncccc2O)C1. The van der Waals surface area contributed by atoms with Crippen molar-refractivity contribution in [3.8, 4) is 5.75 Å². The summed E-state index contributed by atoms with van der Waals surface area (Å²) in [5.74, 6) is -0.664. The van der Waals surface area contributed by atoms with Crippen molar-refractivity contribution in [1.29, 1.82) is 0 Å². The molecule has 0 aromatic carbocycles. The number of nitrogens with zero attached hydrogens (tertiary/aromatic N) is 2. The summed E-state index contributed by atoms with van der Waals surface area (Å²) in [5.41, 5.74) is 1.02. The standard InChI is InChI=1S/C14H17N3O3/c1-10-5-8-17(9-10)12(19)4-7-16-14(20)13-11(18)3-2-6-15-13/h2-3,6,18H,1,4-5,7-9H2,(H,16,20). The molecule has 2 heterocycles.